The van der Waals surface area contributed by atoms with Crippen molar-refractivity contribution in [3.63, 3.8) is 0 Å². The van der Waals surface area contributed by atoms with Gasteiger partial charge in [0.05, 0.1) is 16.4 Å². The molecule has 2 aromatic carbocycles. The van der Waals surface area contributed by atoms with Crippen LogP contribution in [-0.4, -0.2) is 5.91 Å². The first-order valence-corrected chi connectivity index (χ1v) is 7.55. The molecule has 2 aromatic rings. The number of carbonyl (C=O) groups is 1. The van der Waals surface area contributed by atoms with Gasteiger partial charge in [0.15, 0.2) is 0 Å². The summed E-state index contributed by atoms with van der Waals surface area (Å²) in [5.41, 5.74) is 6.17. The number of hydrogen-bond donors (Lipinski definition) is 2. The fourth-order valence-corrected chi connectivity index (χ4v) is 2.80. The SMILES string of the molecule is CC1(c2ccc(Oc3ccc(F)cc3Br)cc2)CC(=O)NN1. The third kappa shape index (κ3) is 2.98. The Labute approximate surface area is 135 Å². The van der Waals surface area contributed by atoms with Gasteiger partial charge in [-0.15, -0.1) is 0 Å². The average molecular weight is 365 g/mol. The zero-order valence-electron chi connectivity index (χ0n) is 11.8. The van der Waals surface area contributed by atoms with Gasteiger partial charge in [0, 0.05) is 0 Å². The predicted octanol–water partition coefficient (Wildman–Crippen LogP) is 3.62. The normalized spacial score (nSPS) is 20.8. The van der Waals surface area contributed by atoms with Gasteiger partial charge in [-0.25, -0.2) is 9.82 Å². The summed E-state index contributed by atoms with van der Waals surface area (Å²) in [4.78, 5) is 11.4. The number of nitrogens with one attached hydrogen (secondary N) is 2. The highest BCUT2D eigenvalue weighted by atomic mass is 79.9. The zero-order valence-corrected chi connectivity index (χ0v) is 13.4. The van der Waals surface area contributed by atoms with E-state index in [9.17, 15) is 9.18 Å². The smallest absolute Gasteiger partial charge is 0.236 e. The zero-order chi connectivity index (χ0) is 15.7. The van der Waals surface area contributed by atoms with Crippen LogP contribution in [0.2, 0.25) is 0 Å². The molecule has 1 heterocycles. The minimum atomic E-state index is -0.425. The largest absolute Gasteiger partial charge is 0.456 e. The van der Waals surface area contributed by atoms with Crippen LogP contribution in [0, 0.1) is 5.82 Å². The Morgan fingerprint density at radius 1 is 1.23 bits per heavy atom. The van der Waals surface area contributed by atoms with Gasteiger partial charge in [-0.05, 0) is 58.7 Å². The summed E-state index contributed by atoms with van der Waals surface area (Å²) in [6.45, 7) is 1.96. The number of ether oxygens (including phenoxy) is 1. The molecule has 0 bridgehead atoms. The number of hydrogen-bond acceptors (Lipinski definition) is 3. The van der Waals surface area contributed by atoms with E-state index in [2.05, 4.69) is 26.8 Å². The molecule has 114 valence electrons. The van der Waals surface area contributed by atoms with E-state index in [-0.39, 0.29) is 11.7 Å². The molecule has 2 N–H and O–H groups in total. The molecule has 1 fully saturated rings. The summed E-state index contributed by atoms with van der Waals surface area (Å²) in [5, 5.41) is 0. The molecule has 0 saturated carbocycles. The molecule has 0 aliphatic carbocycles. The lowest BCUT2D eigenvalue weighted by Crippen LogP contribution is -2.38. The molecule has 6 heteroatoms. The monoisotopic (exact) mass is 364 g/mol. The van der Waals surface area contributed by atoms with Crippen LogP contribution in [0.5, 0.6) is 11.5 Å². The van der Waals surface area contributed by atoms with E-state index in [1.54, 1.807) is 6.07 Å². The lowest BCUT2D eigenvalue weighted by atomic mass is 9.90. The van der Waals surface area contributed by atoms with Crippen molar-refractivity contribution < 1.29 is 13.9 Å². The lowest BCUT2D eigenvalue weighted by Gasteiger charge is -2.22. The van der Waals surface area contributed by atoms with Crippen LogP contribution in [0.25, 0.3) is 0 Å². The van der Waals surface area contributed by atoms with Gasteiger partial charge in [-0.2, -0.15) is 0 Å². The summed E-state index contributed by atoms with van der Waals surface area (Å²) in [7, 11) is 0. The van der Waals surface area contributed by atoms with Crippen molar-refractivity contribution >= 4 is 21.8 Å². The van der Waals surface area contributed by atoms with Gasteiger partial charge >= 0.3 is 0 Å². The highest BCUT2D eigenvalue weighted by Crippen LogP contribution is 2.32. The molecule has 22 heavy (non-hydrogen) atoms. The number of rotatable bonds is 3. The van der Waals surface area contributed by atoms with Gasteiger partial charge in [-0.1, -0.05) is 12.1 Å². The third-order valence-corrected chi connectivity index (χ3v) is 4.22. The Hall–Kier alpha value is -1.92. The molecule has 1 amide bonds. The lowest BCUT2D eigenvalue weighted by molar-refractivity contribution is -0.119. The van der Waals surface area contributed by atoms with Crippen molar-refractivity contribution in [1.82, 2.24) is 10.9 Å². The third-order valence-electron chi connectivity index (χ3n) is 3.61. The van der Waals surface area contributed by atoms with Crippen molar-refractivity contribution in [3.05, 3.63) is 58.3 Å². The topological polar surface area (TPSA) is 50.4 Å². The van der Waals surface area contributed by atoms with Crippen LogP contribution < -0.4 is 15.6 Å². The second-order valence-corrected chi connectivity index (χ2v) is 6.24. The molecule has 0 radical (unpaired) electrons. The maximum Gasteiger partial charge on any atom is 0.236 e. The first kappa shape index (κ1) is 15.0. The van der Waals surface area contributed by atoms with E-state index in [1.807, 2.05) is 31.2 Å². The fourth-order valence-electron chi connectivity index (χ4n) is 2.37. The van der Waals surface area contributed by atoms with Crippen LogP contribution in [0.15, 0.2) is 46.9 Å². The molecule has 0 spiro atoms. The quantitative estimate of drug-likeness (QED) is 0.874. The van der Waals surface area contributed by atoms with Gasteiger partial charge in [0.25, 0.3) is 0 Å². The Morgan fingerprint density at radius 3 is 2.55 bits per heavy atom. The Balaban J connectivity index is 1.78. The molecule has 1 unspecified atom stereocenters. The minimum absolute atomic E-state index is 0.0296. The molecule has 1 aliphatic rings. The van der Waals surface area contributed by atoms with Crippen LogP contribution in [-0.2, 0) is 10.3 Å². The second-order valence-electron chi connectivity index (χ2n) is 5.38. The van der Waals surface area contributed by atoms with Crippen molar-refractivity contribution in [2.75, 3.05) is 0 Å². The van der Waals surface area contributed by atoms with Crippen LogP contribution in [0.4, 0.5) is 4.39 Å². The molecular formula is C16H14BrFN2O2. The Morgan fingerprint density at radius 2 is 1.95 bits per heavy atom. The van der Waals surface area contributed by atoms with E-state index in [0.717, 1.165) is 5.56 Å². The van der Waals surface area contributed by atoms with Gasteiger partial charge in [0.2, 0.25) is 5.91 Å². The number of benzene rings is 2. The standard InChI is InChI=1S/C16H14BrFN2O2/c1-16(9-15(21)19-20-16)10-2-5-12(6-3-10)22-14-7-4-11(18)8-13(14)17/h2-8,20H,9H2,1H3,(H,19,21). The molecule has 4 nitrogen and oxygen atoms in total. The maximum atomic E-state index is 13.1. The van der Waals surface area contributed by atoms with Gasteiger partial charge in [0.1, 0.15) is 17.3 Å². The van der Waals surface area contributed by atoms with E-state index in [4.69, 9.17) is 4.74 Å². The highest BCUT2D eigenvalue weighted by Gasteiger charge is 2.35. The van der Waals surface area contributed by atoms with E-state index < -0.39 is 5.54 Å². The summed E-state index contributed by atoms with van der Waals surface area (Å²) in [6, 6.07) is 11.7. The van der Waals surface area contributed by atoms with Crippen molar-refractivity contribution in [2.24, 2.45) is 0 Å². The van der Waals surface area contributed by atoms with Gasteiger partial charge in [-0.3, -0.25) is 10.2 Å². The summed E-state index contributed by atoms with van der Waals surface area (Å²) in [6.07, 6.45) is 0.386. The number of amides is 1. The molecule has 0 aromatic heterocycles. The number of carbonyl (C=O) groups excluding carboxylic acids is 1. The van der Waals surface area contributed by atoms with E-state index >= 15 is 0 Å². The first-order valence-electron chi connectivity index (χ1n) is 6.76. The second kappa shape index (κ2) is 5.70. The fraction of sp³-hybridized carbons (Fsp3) is 0.188. The molecule has 1 saturated heterocycles. The Bertz CT molecular complexity index is 721. The van der Waals surface area contributed by atoms with Crippen molar-refractivity contribution in [3.8, 4) is 11.5 Å². The van der Waals surface area contributed by atoms with E-state index in [1.165, 1.54) is 12.1 Å². The number of halogens is 2. The van der Waals surface area contributed by atoms with Crippen LogP contribution in [0.3, 0.4) is 0 Å². The number of hydrazine groups is 1. The van der Waals surface area contributed by atoms with Crippen molar-refractivity contribution in [1.29, 1.82) is 0 Å². The predicted molar refractivity (Wildman–Crippen MR) is 83.9 cm³/mol. The molecule has 1 aliphatic heterocycles. The minimum Gasteiger partial charge on any atom is -0.456 e. The molecular weight excluding hydrogens is 351 g/mol. The van der Waals surface area contributed by atoms with Crippen molar-refractivity contribution in [2.45, 2.75) is 18.9 Å². The Kier molecular flexibility index (Phi) is 3.88. The van der Waals surface area contributed by atoms with Crippen LogP contribution >= 0.6 is 15.9 Å². The first-order chi connectivity index (χ1) is 10.5. The van der Waals surface area contributed by atoms with Crippen LogP contribution in [0.1, 0.15) is 18.9 Å². The highest BCUT2D eigenvalue weighted by molar-refractivity contribution is 9.10. The summed E-state index contributed by atoms with van der Waals surface area (Å²) in [5.74, 6) is 0.818. The maximum absolute atomic E-state index is 13.1. The molecule has 1 atom stereocenters. The van der Waals surface area contributed by atoms with Gasteiger partial charge < -0.3 is 4.74 Å². The van der Waals surface area contributed by atoms with E-state index in [0.29, 0.717) is 22.4 Å². The summed E-state index contributed by atoms with van der Waals surface area (Å²) < 4.78 is 19.3. The molecule has 3 rings (SSSR count). The summed E-state index contributed by atoms with van der Waals surface area (Å²) >= 11 is 3.27. The average Bonchev–Trinajstić information content (AvgIpc) is 2.83.